The Hall–Kier alpha value is -1.22. The number of halogens is 1. The minimum atomic E-state index is -0.129. The smallest absolute Gasteiger partial charge is 0.161 e. The van der Waals surface area contributed by atoms with E-state index >= 15 is 0 Å². The molecule has 4 heteroatoms. The van der Waals surface area contributed by atoms with E-state index in [1.807, 2.05) is 0 Å². The van der Waals surface area contributed by atoms with Crippen LogP contribution < -0.4 is 10.5 Å². The minimum absolute atomic E-state index is 0.129. The first-order valence-electron chi connectivity index (χ1n) is 3.70. The zero-order chi connectivity index (χ0) is 10.0. The van der Waals surface area contributed by atoms with Gasteiger partial charge in [-0.2, -0.15) is 0 Å². The van der Waals surface area contributed by atoms with Gasteiger partial charge in [0.1, 0.15) is 5.75 Å². The Morgan fingerprint density at radius 1 is 1.54 bits per heavy atom. The van der Waals surface area contributed by atoms with E-state index < -0.39 is 0 Å². The van der Waals surface area contributed by atoms with Crippen LogP contribution in [0.15, 0.2) is 12.1 Å². The number of hydrogen-bond acceptors (Lipinski definition) is 3. The van der Waals surface area contributed by atoms with Gasteiger partial charge in [0.05, 0.1) is 17.8 Å². The number of ketones is 1. The van der Waals surface area contributed by atoms with Crippen molar-refractivity contribution in [2.24, 2.45) is 0 Å². The van der Waals surface area contributed by atoms with E-state index in [-0.39, 0.29) is 10.8 Å². The van der Waals surface area contributed by atoms with Crippen LogP contribution in [0.2, 0.25) is 5.02 Å². The molecule has 0 aromatic heterocycles. The minimum Gasteiger partial charge on any atom is -0.497 e. The van der Waals surface area contributed by atoms with Gasteiger partial charge in [0, 0.05) is 11.6 Å². The molecule has 0 atom stereocenters. The van der Waals surface area contributed by atoms with Crippen molar-refractivity contribution in [2.45, 2.75) is 6.92 Å². The lowest BCUT2D eigenvalue weighted by Gasteiger charge is -2.06. The number of anilines is 1. The van der Waals surface area contributed by atoms with Gasteiger partial charge in [0.2, 0.25) is 0 Å². The molecule has 0 fully saturated rings. The van der Waals surface area contributed by atoms with E-state index in [0.717, 1.165) is 0 Å². The van der Waals surface area contributed by atoms with E-state index in [9.17, 15) is 4.79 Å². The van der Waals surface area contributed by atoms with E-state index in [4.69, 9.17) is 22.1 Å². The lowest BCUT2D eigenvalue weighted by atomic mass is 10.1. The maximum absolute atomic E-state index is 11.1. The molecule has 0 saturated carbocycles. The number of nitrogen functional groups attached to an aromatic ring is 1. The lowest BCUT2D eigenvalue weighted by molar-refractivity contribution is 0.101. The maximum Gasteiger partial charge on any atom is 0.161 e. The summed E-state index contributed by atoms with van der Waals surface area (Å²) in [7, 11) is 1.51. The Balaban J connectivity index is 3.33. The highest BCUT2D eigenvalue weighted by Gasteiger charge is 2.10. The summed E-state index contributed by atoms with van der Waals surface area (Å²) in [6.45, 7) is 1.43. The number of hydrogen-bond donors (Lipinski definition) is 1. The quantitative estimate of drug-likeness (QED) is 0.587. The Morgan fingerprint density at radius 3 is 2.62 bits per heavy atom. The standard InChI is InChI=1S/C9H10ClNO2/c1-5(12)7-3-6(13-2)4-8(11)9(7)10/h3-4H,11H2,1-2H3. The van der Waals surface area contributed by atoms with Crippen LogP contribution in [0.25, 0.3) is 0 Å². The van der Waals surface area contributed by atoms with Crippen LogP contribution >= 0.6 is 11.6 Å². The van der Waals surface area contributed by atoms with Crippen molar-refractivity contribution < 1.29 is 9.53 Å². The Morgan fingerprint density at radius 2 is 2.15 bits per heavy atom. The Bertz CT molecular complexity index is 350. The highest BCUT2D eigenvalue weighted by atomic mass is 35.5. The number of benzene rings is 1. The van der Waals surface area contributed by atoms with Crippen molar-refractivity contribution in [1.82, 2.24) is 0 Å². The number of carbonyl (C=O) groups excluding carboxylic acids is 1. The van der Waals surface area contributed by atoms with Crippen molar-refractivity contribution in [3.8, 4) is 5.75 Å². The number of ether oxygens (including phenoxy) is 1. The van der Waals surface area contributed by atoms with Gasteiger partial charge in [0.15, 0.2) is 5.78 Å². The molecule has 0 aliphatic rings. The summed E-state index contributed by atoms with van der Waals surface area (Å²) in [5.41, 5.74) is 6.31. The molecule has 0 heterocycles. The molecule has 3 nitrogen and oxygen atoms in total. The molecule has 0 saturated heterocycles. The molecule has 13 heavy (non-hydrogen) atoms. The third kappa shape index (κ3) is 1.92. The molecule has 1 rings (SSSR count). The van der Waals surface area contributed by atoms with Gasteiger partial charge in [-0.25, -0.2) is 0 Å². The number of rotatable bonds is 2. The zero-order valence-electron chi connectivity index (χ0n) is 7.43. The number of methoxy groups -OCH3 is 1. The molecular formula is C9H10ClNO2. The Labute approximate surface area is 81.4 Å². The summed E-state index contributed by atoms with van der Waals surface area (Å²) in [6.07, 6.45) is 0. The second-order valence-corrected chi connectivity index (χ2v) is 3.01. The van der Waals surface area contributed by atoms with Gasteiger partial charge in [-0.05, 0) is 13.0 Å². The first-order chi connectivity index (χ1) is 6.06. The molecular weight excluding hydrogens is 190 g/mol. The maximum atomic E-state index is 11.1. The van der Waals surface area contributed by atoms with Crippen molar-refractivity contribution in [3.63, 3.8) is 0 Å². The van der Waals surface area contributed by atoms with Crippen LogP contribution in [0.5, 0.6) is 5.75 Å². The van der Waals surface area contributed by atoms with E-state index in [1.165, 1.54) is 14.0 Å². The molecule has 0 spiro atoms. The largest absolute Gasteiger partial charge is 0.497 e. The molecule has 0 aliphatic heterocycles. The van der Waals surface area contributed by atoms with Crippen LogP contribution in [0.4, 0.5) is 5.69 Å². The average molecular weight is 200 g/mol. The first-order valence-corrected chi connectivity index (χ1v) is 4.08. The van der Waals surface area contributed by atoms with Gasteiger partial charge in [0.25, 0.3) is 0 Å². The van der Waals surface area contributed by atoms with E-state index in [1.54, 1.807) is 12.1 Å². The van der Waals surface area contributed by atoms with E-state index in [2.05, 4.69) is 0 Å². The molecule has 0 unspecified atom stereocenters. The molecule has 0 amide bonds. The predicted octanol–water partition coefficient (Wildman–Crippen LogP) is 2.13. The fourth-order valence-corrected chi connectivity index (χ4v) is 1.24. The van der Waals surface area contributed by atoms with Gasteiger partial charge in [-0.3, -0.25) is 4.79 Å². The lowest BCUT2D eigenvalue weighted by Crippen LogP contribution is -1.98. The highest BCUT2D eigenvalue weighted by molar-refractivity contribution is 6.36. The van der Waals surface area contributed by atoms with Crippen molar-refractivity contribution in [1.29, 1.82) is 0 Å². The number of carbonyl (C=O) groups is 1. The third-order valence-corrected chi connectivity index (χ3v) is 2.11. The summed E-state index contributed by atoms with van der Waals surface area (Å²) >= 11 is 5.82. The molecule has 1 aromatic rings. The SMILES string of the molecule is COc1cc(N)c(Cl)c(C(C)=O)c1. The summed E-state index contributed by atoms with van der Waals surface area (Å²) in [5, 5.41) is 0.285. The van der Waals surface area contributed by atoms with Crippen LogP contribution in [0.1, 0.15) is 17.3 Å². The second-order valence-electron chi connectivity index (χ2n) is 2.63. The van der Waals surface area contributed by atoms with E-state index in [0.29, 0.717) is 17.0 Å². The monoisotopic (exact) mass is 199 g/mol. The summed E-state index contributed by atoms with van der Waals surface area (Å²) < 4.78 is 4.95. The van der Waals surface area contributed by atoms with Crippen molar-refractivity contribution in [2.75, 3.05) is 12.8 Å². The van der Waals surface area contributed by atoms with Crippen LogP contribution in [0.3, 0.4) is 0 Å². The predicted molar refractivity (Wildman–Crippen MR) is 52.4 cm³/mol. The molecule has 70 valence electrons. The topological polar surface area (TPSA) is 52.3 Å². The van der Waals surface area contributed by atoms with Gasteiger partial charge in [-0.15, -0.1) is 0 Å². The van der Waals surface area contributed by atoms with Crippen LogP contribution in [-0.2, 0) is 0 Å². The molecule has 0 aliphatic carbocycles. The molecule has 2 N–H and O–H groups in total. The fraction of sp³-hybridized carbons (Fsp3) is 0.222. The summed E-state index contributed by atoms with van der Waals surface area (Å²) in [4.78, 5) is 11.1. The van der Waals surface area contributed by atoms with Crippen LogP contribution in [0, 0.1) is 0 Å². The average Bonchev–Trinajstić information content (AvgIpc) is 2.09. The van der Waals surface area contributed by atoms with Crippen molar-refractivity contribution in [3.05, 3.63) is 22.7 Å². The number of Topliss-reactive ketones (excluding diaryl/α,β-unsaturated/α-hetero) is 1. The normalized spacial score (nSPS) is 9.77. The van der Waals surface area contributed by atoms with Gasteiger partial charge >= 0.3 is 0 Å². The number of nitrogens with two attached hydrogens (primary N) is 1. The Kier molecular flexibility index (Phi) is 2.78. The fourth-order valence-electron chi connectivity index (χ4n) is 0.993. The highest BCUT2D eigenvalue weighted by Crippen LogP contribution is 2.29. The summed E-state index contributed by atoms with van der Waals surface area (Å²) in [6, 6.07) is 3.15. The van der Waals surface area contributed by atoms with Crippen LogP contribution in [-0.4, -0.2) is 12.9 Å². The zero-order valence-corrected chi connectivity index (χ0v) is 8.18. The molecule has 0 radical (unpaired) electrons. The molecule has 0 bridgehead atoms. The third-order valence-electron chi connectivity index (χ3n) is 1.69. The summed E-state index contributed by atoms with van der Waals surface area (Å²) in [5.74, 6) is 0.405. The second kappa shape index (κ2) is 3.66. The first kappa shape index (κ1) is 9.86. The molecule has 1 aromatic carbocycles. The van der Waals surface area contributed by atoms with Crippen molar-refractivity contribution >= 4 is 23.1 Å². The van der Waals surface area contributed by atoms with Gasteiger partial charge in [-0.1, -0.05) is 11.6 Å². The van der Waals surface area contributed by atoms with Gasteiger partial charge < -0.3 is 10.5 Å².